The summed E-state index contributed by atoms with van der Waals surface area (Å²) in [4.78, 5) is 25.7. The van der Waals surface area contributed by atoms with Crippen LogP contribution in [0.1, 0.15) is 10.4 Å². The Morgan fingerprint density at radius 1 is 0.765 bits per heavy atom. The number of ether oxygens (including phenoxy) is 2. The van der Waals surface area contributed by atoms with Gasteiger partial charge in [0.15, 0.2) is 0 Å². The van der Waals surface area contributed by atoms with Gasteiger partial charge in [0, 0.05) is 11.6 Å². The minimum absolute atomic E-state index is 0.194. The highest BCUT2D eigenvalue weighted by Crippen LogP contribution is 2.29. The molecule has 166 valence electrons. The maximum Gasteiger partial charge on any atom is 0.343 e. The minimum Gasteiger partial charge on any atom is -0.496 e. The molecule has 1 aromatic heterocycles. The molecular formula is C29H20O5. The summed E-state index contributed by atoms with van der Waals surface area (Å²) in [5, 5.41) is 0.385. The first-order valence-corrected chi connectivity index (χ1v) is 10.7. The Labute approximate surface area is 195 Å². The zero-order valence-corrected chi connectivity index (χ0v) is 18.4. The van der Waals surface area contributed by atoms with E-state index >= 15 is 0 Å². The van der Waals surface area contributed by atoms with Gasteiger partial charge in [0.1, 0.15) is 23.3 Å². The van der Waals surface area contributed by atoms with E-state index in [1.54, 1.807) is 49.6 Å². The molecule has 0 atom stereocenters. The Kier molecular flexibility index (Phi) is 5.67. The van der Waals surface area contributed by atoms with E-state index in [0.29, 0.717) is 33.4 Å². The molecule has 0 N–H and O–H groups in total. The summed E-state index contributed by atoms with van der Waals surface area (Å²) >= 11 is 0. The van der Waals surface area contributed by atoms with Crippen LogP contribution >= 0.6 is 0 Å². The fourth-order valence-corrected chi connectivity index (χ4v) is 3.82. The zero-order valence-electron chi connectivity index (χ0n) is 18.4. The largest absolute Gasteiger partial charge is 0.496 e. The van der Waals surface area contributed by atoms with E-state index < -0.39 is 5.97 Å². The molecule has 0 unspecified atom stereocenters. The SMILES string of the molecule is COc1ccccc1-c1coc2cc(OC(=O)c3ccc(-c4ccccc4)cc3)ccc2c1=O. The van der Waals surface area contributed by atoms with Gasteiger partial charge in [-0.15, -0.1) is 0 Å². The Hall–Kier alpha value is -4.64. The molecule has 4 aromatic carbocycles. The maximum atomic E-state index is 13.1. The highest BCUT2D eigenvalue weighted by atomic mass is 16.5. The lowest BCUT2D eigenvalue weighted by Gasteiger charge is -2.09. The molecule has 0 bridgehead atoms. The van der Waals surface area contributed by atoms with Gasteiger partial charge >= 0.3 is 5.97 Å². The van der Waals surface area contributed by atoms with E-state index in [0.717, 1.165) is 11.1 Å². The summed E-state index contributed by atoms with van der Waals surface area (Å²) in [6, 6.07) is 29.1. The highest BCUT2D eigenvalue weighted by Gasteiger charge is 2.15. The normalized spacial score (nSPS) is 10.7. The minimum atomic E-state index is -0.494. The number of carbonyl (C=O) groups excluding carboxylic acids is 1. The number of fused-ring (bicyclic) bond motifs is 1. The van der Waals surface area contributed by atoms with E-state index in [1.165, 1.54) is 6.26 Å². The summed E-state index contributed by atoms with van der Waals surface area (Å²) in [5.41, 5.74) is 3.68. The van der Waals surface area contributed by atoms with Crippen molar-refractivity contribution in [1.82, 2.24) is 0 Å². The molecule has 0 radical (unpaired) electrons. The van der Waals surface area contributed by atoms with E-state index in [9.17, 15) is 9.59 Å². The molecule has 0 aliphatic carbocycles. The lowest BCUT2D eigenvalue weighted by atomic mass is 10.0. The lowest BCUT2D eigenvalue weighted by molar-refractivity contribution is 0.0735. The van der Waals surface area contributed by atoms with Crippen LogP contribution in [0.5, 0.6) is 11.5 Å². The van der Waals surface area contributed by atoms with Gasteiger partial charge in [-0.3, -0.25) is 4.79 Å². The third-order valence-electron chi connectivity index (χ3n) is 5.58. The summed E-state index contributed by atoms with van der Waals surface area (Å²) < 4.78 is 16.6. The molecular weight excluding hydrogens is 428 g/mol. The number of benzene rings is 4. The van der Waals surface area contributed by atoms with Gasteiger partial charge in [-0.1, -0.05) is 60.7 Å². The fraction of sp³-hybridized carbons (Fsp3) is 0.0345. The number of hydrogen-bond donors (Lipinski definition) is 0. The number of methoxy groups -OCH3 is 1. The summed E-state index contributed by atoms with van der Waals surface area (Å²) in [5.74, 6) is 0.378. The third kappa shape index (κ3) is 4.07. The molecule has 1 heterocycles. The Morgan fingerprint density at radius 2 is 1.47 bits per heavy atom. The molecule has 0 fully saturated rings. The molecule has 0 aliphatic heterocycles. The van der Waals surface area contributed by atoms with Crippen molar-refractivity contribution in [3.8, 4) is 33.8 Å². The van der Waals surface area contributed by atoms with Crippen LogP contribution in [-0.4, -0.2) is 13.1 Å². The van der Waals surface area contributed by atoms with Crippen molar-refractivity contribution in [3.63, 3.8) is 0 Å². The van der Waals surface area contributed by atoms with Gasteiger partial charge in [0.2, 0.25) is 5.43 Å². The summed E-state index contributed by atoms with van der Waals surface area (Å²) in [7, 11) is 1.55. The smallest absolute Gasteiger partial charge is 0.343 e. The van der Waals surface area contributed by atoms with Gasteiger partial charge in [0.05, 0.1) is 23.6 Å². The summed E-state index contributed by atoms with van der Waals surface area (Å²) in [6.07, 6.45) is 1.40. The van der Waals surface area contributed by atoms with Crippen molar-refractivity contribution in [2.45, 2.75) is 0 Å². The highest BCUT2D eigenvalue weighted by molar-refractivity contribution is 5.92. The van der Waals surface area contributed by atoms with Gasteiger partial charge in [0.25, 0.3) is 0 Å². The molecule has 0 aliphatic rings. The molecule has 5 nitrogen and oxygen atoms in total. The zero-order chi connectivity index (χ0) is 23.5. The first-order valence-electron chi connectivity index (χ1n) is 10.7. The molecule has 0 saturated heterocycles. The van der Waals surface area contributed by atoms with E-state index in [2.05, 4.69) is 0 Å². The number of esters is 1. The van der Waals surface area contributed by atoms with E-state index in [-0.39, 0.29) is 11.2 Å². The number of carbonyl (C=O) groups is 1. The first kappa shape index (κ1) is 21.2. The van der Waals surface area contributed by atoms with E-state index in [1.807, 2.05) is 54.6 Å². The average Bonchev–Trinajstić information content (AvgIpc) is 2.89. The van der Waals surface area contributed by atoms with Crippen LogP contribution in [0.3, 0.4) is 0 Å². The van der Waals surface area contributed by atoms with Gasteiger partial charge < -0.3 is 13.9 Å². The van der Waals surface area contributed by atoms with Crippen LogP contribution < -0.4 is 14.9 Å². The molecule has 5 heteroatoms. The Morgan fingerprint density at radius 3 is 2.24 bits per heavy atom. The van der Waals surface area contributed by atoms with Gasteiger partial charge in [-0.25, -0.2) is 4.79 Å². The predicted octanol–water partition coefficient (Wildman–Crippen LogP) is 6.35. The van der Waals surface area contributed by atoms with Crippen LogP contribution in [0.15, 0.2) is 113 Å². The second-order valence-electron chi connectivity index (χ2n) is 7.67. The van der Waals surface area contributed by atoms with Crippen molar-refractivity contribution in [3.05, 3.63) is 119 Å². The number of para-hydroxylation sites is 1. The lowest BCUT2D eigenvalue weighted by Crippen LogP contribution is -2.09. The second-order valence-corrected chi connectivity index (χ2v) is 7.67. The van der Waals surface area contributed by atoms with Gasteiger partial charge in [-0.2, -0.15) is 0 Å². The maximum absolute atomic E-state index is 13.1. The van der Waals surface area contributed by atoms with Crippen LogP contribution in [0, 0.1) is 0 Å². The topological polar surface area (TPSA) is 65.7 Å². The van der Waals surface area contributed by atoms with Crippen LogP contribution in [0.25, 0.3) is 33.2 Å². The Bertz CT molecular complexity index is 1530. The van der Waals surface area contributed by atoms with Crippen molar-refractivity contribution in [1.29, 1.82) is 0 Å². The van der Waals surface area contributed by atoms with Crippen molar-refractivity contribution < 1.29 is 18.7 Å². The van der Waals surface area contributed by atoms with Crippen molar-refractivity contribution >= 4 is 16.9 Å². The second kappa shape index (κ2) is 9.08. The van der Waals surface area contributed by atoms with Crippen molar-refractivity contribution in [2.24, 2.45) is 0 Å². The molecule has 0 amide bonds. The number of rotatable bonds is 5. The standard InChI is InChI=1S/C29H20O5/c1-32-26-10-6-5-9-23(26)25-18-33-27-17-22(15-16-24(27)28(25)30)34-29(31)21-13-11-20(12-14-21)19-7-3-2-4-8-19/h2-18H,1H3. The molecule has 34 heavy (non-hydrogen) atoms. The quantitative estimate of drug-likeness (QED) is 0.231. The Balaban J connectivity index is 1.39. The number of hydrogen-bond acceptors (Lipinski definition) is 5. The first-order chi connectivity index (χ1) is 16.6. The third-order valence-corrected chi connectivity index (χ3v) is 5.58. The van der Waals surface area contributed by atoms with Gasteiger partial charge in [-0.05, 0) is 41.5 Å². The van der Waals surface area contributed by atoms with Crippen molar-refractivity contribution in [2.75, 3.05) is 7.11 Å². The molecule has 0 spiro atoms. The van der Waals surface area contributed by atoms with Crippen LogP contribution in [0.2, 0.25) is 0 Å². The average molecular weight is 448 g/mol. The molecule has 5 rings (SSSR count). The van der Waals surface area contributed by atoms with E-state index in [4.69, 9.17) is 13.9 Å². The predicted molar refractivity (Wildman–Crippen MR) is 131 cm³/mol. The van der Waals surface area contributed by atoms with Crippen LogP contribution in [0.4, 0.5) is 0 Å². The summed E-state index contributed by atoms with van der Waals surface area (Å²) in [6.45, 7) is 0. The fourth-order valence-electron chi connectivity index (χ4n) is 3.82. The molecule has 5 aromatic rings. The van der Waals surface area contributed by atoms with Crippen LogP contribution in [-0.2, 0) is 0 Å². The monoisotopic (exact) mass is 448 g/mol. The molecule has 0 saturated carbocycles.